The number of carbonyl (C=O) groups is 1. The van der Waals surface area contributed by atoms with E-state index in [4.69, 9.17) is 4.74 Å². The molecule has 1 amide bonds. The first-order valence-corrected chi connectivity index (χ1v) is 10.3. The Morgan fingerprint density at radius 3 is 3.07 bits per heavy atom. The van der Waals surface area contributed by atoms with Gasteiger partial charge in [0, 0.05) is 35.6 Å². The minimum absolute atomic E-state index is 0.0865. The Morgan fingerprint density at radius 1 is 1.28 bits per heavy atom. The molecule has 7 nitrogen and oxygen atoms in total. The molecule has 3 aromatic heterocycles. The van der Waals surface area contributed by atoms with E-state index in [1.165, 1.54) is 17.7 Å². The zero-order valence-electron chi connectivity index (χ0n) is 15.4. The molecular weight excluding hydrogens is 388 g/mol. The molecule has 29 heavy (non-hydrogen) atoms. The molecule has 146 valence electrons. The highest BCUT2D eigenvalue weighted by Crippen LogP contribution is 2.34. The van der Waals surface area contributed by atoms with E-state index in [2.05, 4.69) is 20.3 Å². The number of ether oxygens (including phenoxy) is 1. The number of thiophene rings is 1. The maximum atomic E-state index is 13.0. The summed E-state index contributed by atoms with van der Waals surface area (Å²) >= 11 is 1.43. The quantitative estimate of drug-likeness (QED) is 0.535. The van der Waals surface area contributed by atoms with Crippen LogP contribution in [-0.4, -0.2) is 38.2 Å². The van der Waals surface area contributed by atoms with Gasteiger partial charge in [-0.1, -0.05) is 6.07 Å². The van der Waals surface area contributed by atoms with E-state index in [1.54, 1.807) is 17.8 Å². The van der Waals surface area contributed by atoms with Crippen molar-refractivity contribution in [3.8, 4) is 5.75 Å². The van der Waals surface area contributed by atoms with Crippen molar-refractivity contribution in [2.45, 2.75) is 31.5 Å². The third-order valence-corrected chi connectivity index (χ3v) is 5.99. The Balaban J connectivity index is 1.50. The van der Waals surface area contributed by atoms with E-state index in [0.717, 1.165) is 28.4 Å². The van der Waals surface area contributed by atoms with Crippen molar-refractivity contribution < 1.29 is 14.6 Å². The number of carbonyl (C=O) groups excluding carboxylic acids is 1. The van der Waals surface area contributed by atoms with Crippen molar-refractivity contribution >= 4 is 44.1 Å². The van der Waals surface area contributed by atoms with Crippen LogP contribution in [0.5, 0.6) is 5.75 Å². The average molecular weight is 406 g/mol. The summed E-state index contributed by atoms with van der Waals surface area (Å²) in [5.74, 6) is 0.298. The second kappa shape index (κ2) is 7.38. The highest BCUT2D eigenvalue weighted by molar-refractivity contribution is 7.17. The van der Waals surface area contributed by atoms with Crippen LogP contribution in [0, 0.1) is 0 Å². The van der Waals surface area contributed by atoms with Gasteiger partial charge in [0.25, 0.3) is 5.91 Å². The first-order chi connectivity index (χ1) is 14.2. The number of hydrogen-bond acceptors (Lipinski definition) is 7. The Hall–Kier alpha value is -3.10. The van der Waals surface area contributed by atoms with Crippen LogP contribution in [0.2, 0.25) is 0 Å². The fourth-order valence-corrected chi connectivity index (χ4v) is 4.49. The van der Waals surface area contributed by atoms with E-state index in [-0.39, 0.29) is 18.1 Å². The molecule has 2 N–H and O–H groups in total. The molecule has 4 aromatic rings. The fourth-order valence-electron chi connectivity index (χ4n) is 3.63. The molecule has 0 saturated heterocycles. The van der Waals surface area contributed by atoms with Gasteiger partial charge >= 0.3 is 0 Å². The second-order valence-electron chi connectivity index (χ2n) is 7.09. The third kappa shape index (κ3) is 3.52. The lowest BCUT2D eigenvalue weighted by Crippen LogP contribution is -2.17. The molecule has 8 heteroatoms. The van der Waals surface area contributed by atoms with Gasteiger partial charge in [-0.3, -0.25) is 9.78 Å². The number of aliphatic hydroxyl groups is 1. The molecule has 1 aliphatic carbocycles. The minimum atomic E-state index is -0.339. The van der Waals surface area contributed by atoms with Gasteiger partial charge in [0.2, 0.25) is 0 Å². The second-order valence-corrected chi connectivity index (χ2v) is 8.00. The maximum Gasteiger partial charge on any atom is 0.258 e. The number of amides is 1. The topological polar surface area (TPSA) is 97.2 Å². The molecular formula is C21H18N4O3S. The minimum Gasteiger partial charge on any atom is -0.488 e. The zero-order valence-corrected chi connectivity index (χ0v) is 16.2. The molecule has 1 aliphatic rings. The van der Waals surface area contributed by atoms with Crippen molar-refractivity contribution in [3.63, 3.8) is 0 Å². The Bertz CT molecular complexity index is 1210. The number of aromatic nitrogens is 3. The lowest BCUT2D eigenvalue weighted by molar-refractivity contribution is 0.102. The summed E-state index contributed by atoms with van der Waals surface area (Å²) in [6, 6.07) is 7.49. The van der Waals surface area contributed by atoms with Gasteiger partial charge in [-0.25, -0.2) is 9.97 Å². The summed E-state index contributed by atoms with van der Waals surface area (Å²) in [7, 11) is 0. The van der Waals surface area contributed by atoms with Crippen molar-refractivity contribution in [2.75, 3.05) is 5.32 Å². The molecule has 0 spiro atoms. The zero-order chi connectivity index (χ0) is 19.8. The summed E-state index contributed by atoms with van der Waals surface area (Å²) < 4.78 is 7.01. The summed E-state index contributed by atoms with van der Waals surface area (Å²) in [6.45, 7) is 0. The Kier molecular flexibility index (Phi) is 4.57. The van der Waals surface area contributed by atoms with E-state index in [1.807, 2.05) is 24.3 Å². The largest absolute Gasteiger partial charge is 0.488 e. The van der Waals surface area contributed by atoms with E-state index in [0.29, 0.717) is 28.9 Å². The normalized spacial score (nSPS) is 18.9. The monoisotopic (exact) mass is 406 g/mol. The van der Waals surface area contributed by atoms with Crippen LogP contribution in [0.25, 0.3) is 21.1 Å². The average Bonchev–Trinajstić information content (AvgIpc) is 3.34. The summed E-state index contributed by atoms with van der Waals surface area (Å²) in [6.07, 6.45) is 6.52. The number of aliphatic hydroxyl groups excluding tert-OH is 1. The molecule has 1 fully saturated rings. The van der Waals surface area contributed by atoms with Gasteiger partial charge in [-0.05, 0) is 25.0 Å². The molecule has 0 radical (unpaired) electrons. The molecule has 2 atom stereocenters. The lowest BCUT2D eigenvalue weighted by Gasteiger charge is -2.18. The molecule has 0 unspecified atom stereocenters. The van der Waals surface area contributed by atoms with Crippen LogP contribution in [0.15, 0.2) is 48.4 Å². The predicted octanol–water partition coefficient (Wildman–Crippen LogP) is 3.78. The van der Waals surface area contributed by atoms with Gasteiger partial charge in [-0.2, -0.15) is 0 Å². The number of nitrogens with zero attached hydrogens (tertiary/aromatic N) is 3. The molecule has 3 heterocycles. The Morgan fingerprint density at radius 2 is 2.21 bits per heavy atom. The van der Waals surface area contributed by atoms with Crippen LogP contribution in [-0.2, 0) is 0 Å². The first-order valence-electron chi connectivity index (χ1n) is 9.39. The smallest absolute Gasteiger partial charge is 0.258 e. The Labute approximate surface area is 170 Å². The number of pyridine rings is 1. The number of rotatable bonds is 4. The van der Waals surface area contributed by atoms with Crippen molar-refractivity contribution in [3.05, 3.63) is 53.9 Å². The molecule has 5 rings (SSSR count). The van der Waals surface area contributed by atoms with Crippen LogP contribution in [0.4, 0.5) is 5.69 Å². The van der Waals surface area contributed by atoms with E-state index >= 15 is 0 Å². The number of anilines is 1. The van der Waals surface area contributed by atoms with Crippen molar-refractivity contribution in [1.29, 1.82) is 0 Å². The highest BCUT2D eigenvalue weighted by Gasteiger charge is 2.26. The van der Waals surface area contributed by atoms with Crippen LogP contribution < -0.4 is 10.1 Å². The lowest BCUT2D eigenvalue weighted by atomic mass is 10.1. The van der Waals surface area contributed by atoms with Crippen molar-refractivity contribution in [2.24, 2.45) is 0 Å². The maximum absolute atomic E-state index is 13.0. The van der Waals surface area contributed by atoms with Gasteiger partial charge < -0.3 is 15.2 Å². The predicted molar refractivity (Wildman–Crippen MR) is 111 cm³/mol. The fraction of sp³-hybridized carbons (Fsp3) is 0.238. The third-order valence-electron chi connectivity index (χ3n) is 5.09. The van der Waals surface area contributed by atoms with E-state index < -0.39 is 0 Å². The summed E-state index contributed by atoms with van der Waals surface area (Å²) in [5.41, 5.74) is 2.49. The van der Waals surface area contributed by atoms with Crippen molar-refractivity contribution in [1.82, 2.24) is 15.0 Å². The van der Waals surface area contributed by atoms with Crippen LogP contribution in [0.1, 0.15) is 29.6 Å². The SMILES string of the molecule is O=C(Nc1cc2cccnc2cc1O[C@@H]1CC[C@H](O)C1)c1csc2cncnc12. The first kappa shape index (κ1) is 18.0. The van der Waals surface area contributed by atoms with Gasteiger partial charge in [-0.15, -0.1) is 11.3 Å². The highest BCUT2D eigenvalue weighted by atomic mass is 32.1. The van der Waals surface area contributed by atoms with Gasteiger partial charge in [0.1, 0.15) is 18.2 Å². The number of nitrogens with one attached hydrogen (secondary N) is 1. The van der Waals surface area contributed by atoms with Crippen LogP contribution >= 0.6 is 11.3 Å². The number of benzene rings is 1. The number of fused-ring (bicyclic) bond motifs is 2. The standard InChI is InChI=1S/C21H18N4O3S/c26-13-3-4-14(7-13)28-18-8-16-12(2-1-5-23-16)6-17(18)25-21(27)15-10-29-19-9-22-11-24-20(15)19/h1-2,5-6,8-11,13-14,26H,3-4,7H2,(H,25,27)/t13-,14+/m0/s1. The molecule has 0 bridgehead atoms. The van der Waals surface area contributed by atoms with Gasteiger partial charge in [0.15, 0.2) is 0 Å². The summed E-state index contributed by atoms with van der Waals surface area (Å²) in [5, 5.41) is 15.5. The van der Waals surface area contributed by atoms with Crippen LogP contribution in [0.3, 0.4) is 0 Å². The summed E-state index contributed by atoms with van der Waals surface area (Å²) in [4.78, 5) is 25.6. The van der Waals surface area contributed by atoms with E-state index in [9.17, 15) is 9.90 Å². The number of hydrogen-bond donors (Lipinski definition) is 2. The molecule has 1 saturated carbocycles. The van der Waals surface area contributed by atoms with Gasteiger partial charge in [0.05, 0.1) is 33.1 Å². The molecule has 0 aliphatic heterocycles. The molecule has 1 aromatic carbocycles.